The van der Waals surface area contributed by atoms with Crippen molar-refractivity contribution < 1.29 is 14.9 Å². The fraction of sp³-hybridized carbons (Fsp3) is 0.455. The van der Waals surface area contributed by atoms with Crippen LogP contribution in [-0.2, 0) is 4.74 Å². The van der Waals surface area contributed by atoms with Gasteiger partial charge in [-0.15, -0.1) is 0 Å². The molecule has 2 aliphatic rings. The number of H-pyrrole nitrogens is 1. The predicted octanol–water partition coefficient (Wildman–Crippen LogP) is -1.03. The number of fused-ring (bicyclic) bond motifs is 2. The van der Waals surface area contributed by atoms with Crippen LogP contribution in [0, 0.1) is 5.92 Å². The fourth-order valence-corrected chi connectivity index (χ4v) is 2.70. The first-order chi connectivity index (χ1) is 8.68. The highest BCUT2D eigenvalue weighted by molar-refractivity contribution is 5.73. The van der Waals surface area contributed by atoms with Crippen LogP contribution in [0.2, 0.25) is 0 Å². The van der Waals surface area contributed by atoms with Crippen molar-refractivity contribution in [2.45, 2.75) is 24.5 Å². The lowest BCUT2D eigenvalue weighted by Gasteiger charge is -2.20. The fourth-order valence-electron chi connectivity index (χ4n) is 2.70. The number of hydrogen-bond acceptors (Lipinski definition) is 5. The van der Waals surface area contributed by atoms with Gasteiger partial charge in [-0.3, -0.25) is 4.79 Å². The third-order valence-electron chi connectivity index (χ3n) is 3.73. The van der Waals surface area contributed by atoms with Crippen LogP contribution in [0.25, 0.3) is 11.0 Å². The Hall–Kier alpha value is -1.70. The van der Waals surface area contributed by atoms with Gasteiger partial charge in [0.2, 0.25) is 0 Å². The summed E-state index contributed by atoms with van der Waals surface area (Å²) in [6.45, 7) is 0. The van der Waals surface area contributed by atoms with Crippen LogP contribution < -0.4 is 5.56 Å². The monoisotopic (exact) mass is 249 g/mol. The van der Waals surface area contributed by atoms with Crippen LogP contribution >= 0.6 is 0 Å². The van der Waals surface area contributed by atoms with Gasteiger partial charge in [-0.2, -0.15) is 0 Å². The lowest BCUT2D eigenvalue weighted by molar-refractivity contribution is -0.0668. The highest BCUT2D eigenvalue weighted by atomic mass is 16.6. The molecule has 4 rings (SSSR count). The topological polar surface area (TPSA) is 100 Å². The van der Waals surface area contributed by atoms with Gasteiger partial charge in [-0.25, -0.2) is 4.98 Å². The van der Waals surface area contributed by atoms with Gasteiger partial charge in [0.15, 0.2) is 11.7 Å². The molecular weight excluding hydrogens is 238 g/mol. The molecule has 94 valence electrons. The van der Waals surface area contributed by atoms with Crippen LogP contribution in [-0.4, -0.2) is 43.1 Å². The first-order valence-corrected chi connectivity index (χ1v) is 5.74. The molecular formula is C11H11N3O4. The van der Waals surface area contributed by atoms with Crippen molar-refractivity contribution in [1.82, 2.24) is 14.5 Å². The molecule has 5 atom stereocenters. The van der Waals surface area contributed by atoms with Gasteiger partial charge in [-0.1, -0.05) is 0 Å². The van der Waals surface area contributed by atoms with Gasteiger partial charge in [0.1, 0.15) is 6.10 Å². The molecule has 0 bridgehead atoms. The highest BCUT2D eigenvalue weighted by Crippen LogP contribution is 2.50. The van der Waals surface area contributed by atoms with E-state index in [9.17, 15) is 15.0 Å². The van der Waals surface area contributed by atoms with Crippen molar-refractivity contribution in [3.05, 3.63) is 28.9 Å². The van der Waals surface area contributed by atoms with E-state index in [1.165, 1.54) is 12.5 Å². The summed E-state index contributed by atoms with van der Waals surface area (Å²) in [6.07, 6.45) is 0.765. The van der Waals surface area contributed by atoms with E-state index in [-0.39, 0.29) is 17.6 Å². The predicted molar refractivity (Wildman–Crippen MR) is 59.8 cm³/mol. The average Bonchev–Trinajstić information content (AvgIpc) is 2.74. The second kappa shape index (κ2) is 3.19. The number of nitrogens with one attached hydrogen (secondary N) is 1. The SMILES string of the molecule is O=c1[nH]ccc2c1ncn2[C@@H]1O[C@@H]2C(O)C2[C@H]1O. The van der Waals surface area contributed by atoms with E-state index in [0.29, 0.717) is 11.0 Å². The van der Waals surface area contributed by atoms with Crippen LogP contribution in [0.5, 0.6) is 0 Å². The van der Waals surface area contributed by atoms with E-state index in [1.807, 2.05) is 0 Å². The number of hydrogen-bond donors (Lipinski definition) is 3. The van der Waals surface area contributed by atoms with E-state index in [4.69, 9.17) is 4.74 Å². The van der Waals surface area contributed by atoms with Crippen molar-refractivity contribution in [3.8, 4) is 0 Å². The molecule has 3 N–H and O–H groups in total. The summed E-state index contributed by atoms with van der Waals surface area (Å²) in [4.78, 5) is 18.1. The number of nitrogens with zero attached hydrogens (tertiary/aromatic N) is 2. The summed E-state index contributed by atoms with van der Waals surface area (Å²) in [5.74, 6) is -0.227. The zero-order valence-corrected chi connectivity index (χ0v) is 9.22. The lowest BCUT2D eigenvalue weighted by atomic mass is 10.2. The van der Waals surface area contributed by atoms with Crippen LogP contribution in [0.1, 0.15) is 6.23 Å². The number of imidazole rings is 1. The molecule has 2 unspecified atom stereocenters. The van der Waals surface area contributed by atoms with Gasteiger partial charge >= 0.3 is 0 Å². The number of aliphatic hydroxyl groups is 2. The Morgan fingerprint density at radius 2 is 2.22 bits per heavy atom. The Morgan fingerprint density at radius 1 is 1.39 bits per heavy atom. The molecule has 2 aromatic heterocycles. The number of aromatic nitrogens is 3. The van der Waals surface area contributed by atoms with Gasteiger partial charge in [-0.05, 0) is 6.07 Å². The zero-order chi connectivity index (χ0) is 12.4. The summed E-state index contributed by atoms with van der Waals surface area (Å²) in [5, 5.41) is 19.5. The maximum atomic E-state index is 11.5. The smallest absolute Gasteiger partial charge is 0.276 e. The molecule has 0 aromatic carbocycles. The second-order valence-electron chi connectivity index (χ2n) is 4.74. The molecule has 7 nitrogen and oxygen atoms in total. The molecule has 1 saturated heterocycles. The Kier molecular flexibility index (Phi) is 1.82. The Balaban J connectivity index is 1.80. The van der Waals surface area contributed by atoms with E-state index in [1.54, 1.807) is 10.6 Å². The Labute approximate surface area is 101 Å². The Bertz CT molecular complexity index is 678. The molecule has 2 fully saturated rings. The van der Waals surface area contributed by atoms with E-state index >= 15 is 0 Å². The molecule has 1 aliphatic carbocycles. The average molecular weight is 249 g/mol. The third kappa shape index (κ3) is 1.13. The molecule has 0 radical (unpaired) electrons. The van der Waals surface area contributed by atoms with Crippen molar-refractivity contribution in [1.29, 1.82) is 0 Å². The van der Waals surface area contributed by atoms with Crippen molar-refractivity contribution in [2.75, 3.05) is 0 Å². The molecule has 7 heteroatoms. The Morgan fingerprint density at radius 3 is 2.94 bits per heavy atom. The minimum absolute atomic E-state index is 0.227. The van der Waals surface area contributed by atoms with Gasteiger partial charge < -0.3 is 24.5 Å². The molecule has 1 aliphatic heterocycles. The van der Waals surface area contributed by atoms with Gasteiger partial charge in [0, 0.05) is 12.1 Å². The first-order valence-electron chi connectivity index (χ1n) is 5.74. The number of pyridine rings is 1. The maximum Gasteiger partial charge on any atom is 0.276 e. The molecule has 3 heterocycles. The first kappa shape index (κ1) is 10.2. The van der Waals surface area contributed by atoms with Crippen LogP contribution in [0.3, 0.4) is 0 Å². The summed E-state index contributed by atoms with van der Waals surface area (Å²) >= 11 is 0. The van der Waals surface area contributed by atoms with E-state index in [0.717, 1.165) is 0 Å². The molecule has 2 aromatic rings. The largest absolute Gasteiger partial charge is 0.390 e. The summed E-state index contributed by atoms with van der Waals surface area (Å²) in [7, 11) is 0. The van der Waals surface area contributed by atoms with Crippen LogP contribution in [0.15, 0.2) is 23.4 Å². The second-order valence-corrected chi connectivity index (χ2v) is 4.74. The standard InChI is InChI=1S/C11H11N3O4/c15-7-5-8(16)11(18-9(5)7)14-3-13-6-4(14)1-2-12-10(6)17/h1-3,5,7-9,11,15-16H,(H,12,17)/t5?,7?,8-,9+,11-/m1/s1. The summed E-state index contributed by atoms with van der Waals surface area (Å²) < 4.78 is 7.20. The van der Waals surface area contributed by atoms with Crippen molar-refractivity contribution >= 4 is 11.0 Å². The lowest BCUT2D eigenvalue weighted by Crippen LogP contribution is -2.26. The minimum atomic E-state index is -0.776. The molecule has 18 heavy (non-hydrogen) atoms. The van der Waals surface area contributed by atoms with E-state index in [2.05, 4.69) is 9.97 Å². The van der Waals surface area contributed by atoms with Gasteiger partial charge in [0.25, 0.3) is 5.56 Å². The van der Waals surface area contributed by atoms with E-state index < -0.39 is 18.4 Å². The van der Waals surface area contributed by atoms with Crippen LogP contribution in [0.4, 0.5) is 0 Å². The normalized spacial score (nSPS) is 38.0. The highest BCUT2D eigenvalue weighted by Gasteiger charge is 2.63. The third-order valence-corrected chi connectivity index (χ3v) is 3.73. The number of aliphatic hydroxyl groups excluding tert-OH is 2. The number of aromatic amines is 1. The van der Waals surface area contributed by atoms with Crippen molar-refractivity contribution in [3.63, 3.8) is 0 Å². The minimum Gasteiger partial charge on any atom is -0.390 e. The molecule has 0 amide bonds. The number of ether oxygens (including phenoxy) is 1. The van der Waals surface area contributed by atoms with Gasteiger partial charge in [0.05, 0.1) is 24.1 Å². The quantitative estimate of drug-likeness (QED) is 0.600. The van der Waals surface area contributed by atoms with Crippen molar-refractivity contribution in [2.24, 2.45) is 5.92 Å². The summed E-state index contributed by atoms with van der Waals surface area (Å²) in [5.41, 5.74) is 0.650. The zero-order valence-electron chi connectivity index (χ0n) is 9.22. The number of rotatable bonds is 1. The molecule has 0 spiro atoms. The summed E-state index contributed by atoms with van der Waals surface area (Å²) in [6, 6.07) is 1.71. The molecule has 1 saturated carbocycles. The maximum absolute atomic E-state index is 11.5.